The largest absolute Gasteiger partial charge is 0.396 e. The Morgan fingerprint density at radius 1 is 1.40 bits per heavy atom. The predicted octanol–water partition coefficient (Wildman–Crippen LogP) is 3.08. The van der Waals surface area contributed by atoms with Crippen LogP contribution in [0, 0.1) is 27.7 Å². The summed E-state index contributed by atoms with van der Waals surface area (Å²) in [5.74, 6) is -2.34. The van der Waals surface area contributed by atoms with E-state index in [0.29, 0.717) is 6.42 Å². The van der Waals surface area contributed by atoms with Gasteiger partial charge in [0.1, 0.15) is 0 Å². The van der Waals surface area contributed by atoms with Gasteiger partial charge in [-0.15, -0.1) is 0 Å². The minimum Gasteiger partial charge on any atom is -0.396 e. The topological polar surface area (TPSA) is 75.4 Å². The zero-order valence-corrected chi connectivity index (χ0v) is 11.2. The minimum absolute atomic E-state index is 0.0138. The SMILES string of the molecule is CCCC(CCO)CNc1c([N+](=O)[O-])ccc(F)c1F. The maximum absolute atomic E-state index is 13.7. The molecular formula is C13H18F2N2O3. The van der Waals surface area contributed by atoms with Crippen LogP contribution in [0.15, 0.2) is 12.1 Å². The molecule has 1 aromatic rings. The second kappa shape index (κ2) is 7.74. The van der Waals surface area contributed by atoms with Crippen LogP contribution >= 0.6 is 0 Å². The number of nitro groups is 1. The molecule has 0 aliphatic heterocycles. The summed E-state index contributed by atoms with van der Waals surface area (Å²) < 4.78 is 26.8. The van der Waals surface area contributed by atoms with Crippen molar-refractivity contribution < 1.29 is 18.8 Å². The van der Waals surface area contributed by atoms with Crippen molar-refractivity contribution >= 4 is 11.4 Å². The Bertz CT molecular complexity index is 463. The van der Waals surface area contributed by atoms with Gasteiger partial charge in [-0.25, -0.2) is 8.78 Å². The molecule has 1 atom stereocenters. The highest BCUT2D eigenvalue weighted by Crippen LogP contribution is 2.29. The van der Waals surface area contributed by atoms with Crippen molar-refractivity contribution in [3.8, 4) is 0 Å². The van der Waals surface area contributed by atoms with E-state index in [0.717, 1.165) is 25.0 Å². The Hall–Kier alpha value is -1.76. The lowest BCUT2D eigenvalue weighted by Crippen LogP contribution is -2.17. The van der Waals surface area contributed by atoms with E-state index in [1.807, 2.05) is 6.92 Å². The summed E-state index contributed by atoms with van der Waals surface area (Å²) in [4.78, 5) is 10.1. The second-order valence-electron chi connectivity index (χ2n) is 4.56. The number of hydrogen-bond donors (Lipinski definition) is 2. The van der Waals surface area contributed by atoms with Crippen molar-refractivity contribution in [2.45, 2.75) is 26.2 Å². The lowest BCUT2D eigenvalue weighted by Gasteiger charge is -2.16. The molecule has 0 bridgehead atoms. The molecule has 0 aromatic heterocycles. The van der Waals surface area contributed by atoms with E-state index in [4.69, 9.17) is 5.11 Å². The molecule has 7 heteroatoms. The van der Waals surface area contributed by atoms with E-state index in [1.54, 1.807) is 0 Å². The Morgan fingerprint density at radius 2 is 2.10 bits per heavy atom. The van der Waals surface area contributed by atoms with Gasteiger partial charge in [-0.3, -0.25) is 10.1 Å². The molecule has 1 unspecified atom stereocenters. The van der Waals surface area contributed by atoms with E-state index >= 15 is 0 Å². The zero-order chi connectivity index (χ0) is 15.1. The number of nitro benzene ring substituents is 1. The molecule has 2 N–H and O–H groups in total. The second-order valence-corrected chi connectivity index (χ2v) is 4.56. The van der Waals surface area contributed by atoms with Gasteiger partial charge in [0, 0.05) is 19.2 Å². The van der Waals surface area contributed by atoms with Crippen LogP contribution in [0.5, 0.6) is 0 Å². The van der Waals surface area contributed by atoms with Gasteiger partial charge in [0.2, 0.25) is 0 Å². The summed E-state index contributed by atoms with van der Waals surface area (Å²) in [5.41, 5.74) is -0.933. The Balaban J connectivity index is 2.89. The predicted molar refractivity (Wildman–Crippen MR) is 71.6 cm³/mol. The van der Waals surface area contributed by atoms with Crippen molar-refractivity contribution in [3.63, 3.8) is 0 Å². The molecule has 1 rings (SSSR count). The van der Waals surface area contributed by atoms with E-state index in [-0.39, 0.29) is 19.1 Å². The summed E-state index contributed by atoms with van der Waals surface area (Å²) in [5, 5.41) is 22.4. The number of aliphatic hydroxyl groups excluding tert-OH is 1. The van der Waals surface area contributed by atoms with Gasteiger partial charge in [-0.05, 0) is 24.8 Å². The van der Waals surface area contributed by atoms with Gasteiger partial charge in [0.15, 0.2) is 17.3 Å². The normalized spacial score (nSPS) is 12.2. The quantitative estimate of drug-likeness (QED) is 0.569. The fourth-order valence-corrected chi connectivity index (χ4v) is 2.05. The van der Waals surface area contributed by atoms with Gasteiger partial charge in [-0.1, -0.05) is 13.3 Å². The number of rotatable bonds is 8. The van der Waals surface area contributed by atoms with E-state index in [2.05, 4.69) is 5.32 Å². The van der Waals surface area contributed by atoms with Crippen molar-refractivity contribution in [2.75, 3.05) is 18.5 Å². The number of aliphatic hydroxyl groups is 1. The van der Waals surface area contributed by atoms with Crippen LogP contribution in [-0.4, -0.2) is 23.2 Å². The lowest BCUT2D eigenvalue weighted by atomic mass is 10.00. The molecule has 0 aliphatic carbocycles. The van der Waals surface area contributed by atoms with Crippen LogP contribution in [0.1, 0.15) is 26.2 Å². The molecule has 0 fully saturated rings. The standard InChI is InChI=1S/C13H18F2N2O3/c1-2-3-9(6-7-18)8-16-13-11(17(19)20)5-4-10(14)12(13)15/h4-5,9,16,18H,2-3,6-8H2,1H3. The van der Waals surface area contributed by atoms with Crippen molar-refractivity contribution in [1.29, 1.82) is 0 Å². The van der Waals surface area contributed by atoms with Gasteiger partial charge in [-0.2, -0.15) is 0 Å². The maximum atomic E-state index is 13.7. The number of benzene rings is 1. The Morgan fingerprint density at radius 3 is 2.65 bits per heavy atom. The van der Waals surface area contributed by atoms with Gasteiger partial charge >= 0.3 is 0 Å². The van der Waals surface area contributed by atoms with Crippen molar-refractivity contribution in [2.24, 2.45) is 5.92 Å². The fourth-order valence-electron chi connectivity index (χ4n) is 2.05. The highest BCUT2D eigenvalue weighted by molar-refractivity contribution is 5.62. The monoisotopic (exact) mass is 288 g/mol. The first kappa shape index (κ1) is 16.3. The van der Waals surface area contributed by atoms with Crippen LogP contribution in [0.4, 0.5) is 20.2 Å². The third kappa shape index (κ3) is 4.12. The van der Waals surface area contributed by atoms with Crippen LogP contribution in [0.3, 0.4) is 0 Å². The third-order valence-electron chi connectivity index (χ3n) is 3.07. The summed E-state index contributed by atoms with van der Waals surface area (Å²) in [6, 6.07) is 1.66. The minimum atomic E-state index is -1.25. The highest BCUT2D eigenvalue weighted by Gasteiger charge is 2.22. The number of anilines is 1. The molecule has 0 saturated heterocycles. The van der Waals surface area contributed by atoms with Crippen LogP contribution < -0.4 is 5.32 Å². The lowest BCUT2D eigenvalue weighted by molar-refractivity contribution is -0.384. The Labute approximate surface area is 115 Å². The van der Waals surface area contributed by atoms with Crippen molar-refractivity contribution in [3.05, 3.63) is 33.9 Å². The van der Waals surface area contributed by atoms with Crippen LogP contribution in [-0.2, 0) is 0 Å². The molecule has 0 amide bonds. The molecule has 0 spiro atoms. The zero-order valence-electron chi connectivity index (χ0n) is 11.2. The average Bonchev–Trinajstić information content (AvgIpc) is 2.40. The molecule has 20 heavy (non-hydrogen) atoms. The van der Waals surface area contributed by atoms with Crippen LogP contribution in [0.25, 0.3) is 0 Å². The molecule has 112 valence electrons. The highest BCUT2D eigenvalue weighted by atomic mass is 19.2. The fraction of sp³-hybridized carbons (Fsp3) is 0.538. The molecular weight excluding hydrogens is 270 g/mol. The van der Waals surface area contributed by atoms with Crippen molar-refractivity contribution in [1.82, 2.24) is 0 Å². The average molecular weight is 288 g/mol. The molecule has 0 saturated carbocycles. The van der Waals surface area contributed by atoms with Gasteiger partial charge in [0.25, 0.3) is 5.69 Å². The molecule has 0 aliphatic rings. The van der Waals surface area contributed by atoms with Gasteiger partial charge in [0.05, 0.1) is 4.92 Å². The van der Waals surface area contributed by atoms with E-state index < -0.39 is 27.9 Å². The number of nitrogens with one attached hydrogen (secondary N) is 1. The smallest absolute Gasteiger partial charge is 0.295 e. The molecule has 1 aromatic carbocycles. The molecule has 5 nitrogen and oxygen atoms in total. The number of nitrogens with zero attached hydrogens (tertiary/aromatic N) is 1. The number of halogens is 2. The molecule has 0 radical (unpaired) electrons. The first-order valence-electron chi connectivity index (χ1n) is 6.48. The maximum Gasteiger partial charge on any atom is 0.295 e. The van der Waals surface area contributed by atoms with E-state index in [9.17, 15) is 18.9 Å². The molecule has 0 heterocycles. The first-order valence-corrected chi connectivity index (χ1v) is 6.48. The summed E-state index contributed by atoms with van der Waals surface area (Å²) in [7, 11) is 0. The summed E-state index contributed by atoms with van der Waals surface area (Å²) in [6.45, 7) is 2.20. The third-order valence-corrected chi connectivity index (χ3v) is 3.07. The van der Waals surface area contributed by atoms with Gasteiger partial charge < -0.3 is 10.4 Å². The van der Waals surface area contributed by atoms with E-state index in [1.165, 1.54) is 0 Å². The Kier molecular flexibility index (Phi) is 6.30. The first-order chi connectivity index (χ1) is 9.51. The summed E-state index contributed by atoms with van der Waals surface area (Å²) >= 11 is 0. The van der Waals surface area contributed by atoms with Crippen LogP contribution in [0.2, 0.25) is 0 Å². The summed E-state index contributed by atoms with van der Waals surface area (Å²) in [6.07, 6.45) is 2.17. The number of hydrogen-bond acceptors (Lipinski definition) is 4.